The number of rotatable bonds is 14. The highest BCUT2D eigenvalue weighted by molar-refractivity contribution is 6.11. The predicted octanol–water partition coefficient (Wildman–Crippen LogP) is 5.60. The number of esters is 2. The molecule has 0 saturated heterocycles. The quantitative estimate of drug-likeness (QED) is 0.107. The summed E-state index contributed by atoms with van der Waals surface area (Å²) in [5.41, 5.74) is -0.405. The van der Waals surface area contributed by atoms with Crippen LogP contribution in [0.1, 0.15) is 72.9 Å². The lowest BCUT2D eigenvalue weighted by atomic mass is 10.1. The van der Waals surface area contributed by atoms with E-state index < -0.39 is 65.4 Å². The van der Waals surface area contributed by atoms with Gasteiger partial charge in [-0.1, -0.05) is 24.3 Å². The molecule has 0 aliphatic heterocycles. The molecule has 0 spiro atoms. The molecular weight excluding hydrogens is 664 g/mol. The largest absolute Gasteiger partial charge is 0.493 e. The Morgan fingerprint density at radius 3 is 1.27 bits per heavy atom. The van der Waals surface area contributed by atoms with Crippen LogP contribution in [0.3, 0.4) is 0 Å². The van der Waals surface area contributed by atoms with Crippen molar-refractivity contribution >= 4 is 47.8 Å². The number of hydrogen-bond donors (Lipinski definition) is 2. The van der Waals surface area contributed by atoms with Crippen LogP contribution in [0.25, 0.3) is 12.2 Å². The molecule has 2 amide bonds. The zero-order chi connectivity index (χ0) is 38.5. The number of allylic oxidation sites excluding steroid dienone is 2. The molecule has 0 fully saturated rings. The first-order valence-electron chi connectivity index (χ1n) is 15.9. The number of hydrogen-bond acceptors (Lipinski definition) is 12. The van der Waals surface area contributed by atoms with Gasteiger partial charge in [-0.05, 0) is 103 Å². The Morgan fingerprint density at radius 1 is 0.608 bits per heavy atom. The minimum atomic E-state index is -1.01. The summed E-state index contributed by atoms with van der Waals surface area (Å²) in [7, 11) is 2.75. The number of ketones is 2. The fraction of sp³-hybridized carbons (Fsp3) is 0.405. The molecule has 0 aromatic heterocycles. The van der Waals surface area contributed by atoms with Crippen LogP contribution in [0.5, 0.6) is 23.0 Å². The van der Waals surface area contributed by atoms with Crippen LogP contribution in [-0.2, 0) is 28.7 Å². The highest BCUT2D eigenvalue weighted by atomic mass is 16.6. The normalized spacial score (nSPS) is 12.7. The van der Waals surface area contributed by atoms with Gasteiger partial charge in [0.25, 0.3) is 0 Å². The van der Waals surface area contributed by atoms with Gasteiger partial charge in [0.15, 0.2) is 34.6 Å². The van der Waals surface area contributed by atoms with Gasteiger partial charge < -0.3 is 39.1 Å². The number of amides is 2. The molecule has 0 bridgehead atoms. The van der Waals surface area contributed by atoms with Gasteiger partial charge in [0.05, 0.1) is 20.6 Å². The molecule has 0 heterocycles. The lowest BCUT2D eigenvalue weighted by molar-refractivity contribution is -0.137. The summed E-state index contributed by atoms with van der Waals surface area (Å²) in [5.74, 6) is -1.84. The Hall–Kier alpha value is -5.66. The van der Waals surface area contributed by atoms with Crippen LogP contribution in [0.2, 0.25) is 0 Å². The number of alkyl carbamates (subject to hydrolysis) is 2. The Morgan fingerprint density at radius 2 is 0.961 bits per heavy atom. The third kappa shape index (κ3) is 15.2. The van der Waals surface area contributed by atoms with E-state index in [-0.39, 0.29) is 23.0 Å². The first kappa shape index (κ1) is 41.5. The summed E-state index contributed by atoms with van der Waals surface area (Å²) >= 11 is 0. The van der Waals surface area contributed by atoms with Crippen LogP contribution < -0.4 is 29.6 Å². The van der Waals surface area contributed by atoms with Gasteiger partial charge >= 0.3 is 24.1 Å². The lowest BCUT2D eigenvalue weighted by Crippen LogP contribution is -2.43. The molecule has 0 radical (unpaired) electrons. The van der Waals surface area contributed by atoms with Crippen LogP contribution >= 0.6 is 0 Å². The maximum Gasteiger partial charge on any atom is 0.408 e. The average molecular weight is 711 g/mol. The average Bonchev–Trinajstić information content (AvgIpc) is 3.01. The molecule has 2 rings (SSSR count). The summed E-state index contributed by atoms with van der Waals surface area (Å²) in [6, 6.07) is 7.14. The highest BCUT2D eigenvalue weighted by Crippen LogP contribution is 2.30. The van der Waals surface area contributed by atoms with Gasteiger partial charge in [0.2, 0.25) is 0 Å². The van der Waals surface area contributed by atoms with Gasteiger partial charge in [0.1, 0.15) is 23.3 Å². The van der Waals surface area contributed by atoms with E-state index in [4.69, 9.17) is 28.4 Å². The monoisotopic (exact) mass is 710 g/mol. The van der Waals surface area contributed by atoms with Crippen molar-refractivity contribution in [2.75, 3.05) is 14.2 Å². The number of benzene rings is 2. The highest BCUT2D eigenvalue weighted by Gasteiger charge is 2.25. The molecule has 2 atom stereocenters. The van der Waals surface area contributed by atoms with E-state index in [1.165, 1.54) is 76.6 Å². The number of methoxy groups -OCH3 is 2. The van der Waals surface area contributed by atoms with E-state index in [0.717, 1.165) is 0 Å². The van der Waals surface area contributed by atoms with E-state index in [1.54, 1.807) is 53.7 Å². The summed E-state index contributed by atoms with van der Waals surface area (Å²) < 4.78 is 31.7. The van der Waals surface area contributed by atoms with E-state index >= 15 is 0 Å². The summed E-state index contributed by atoms with van der Waals surface area (Å²) in [5, 5.41) is 4.81. The van der Waals surface area contributed by atoms with E-state index in [0.29, 0.717) is 11.1 Å². The molecule has 0 unspecified atom stereocenters. The maximum atomic E-state index is 12.5. The van der Waals surface area contributed by atoms with Gasteiger partial charge in [-0.2, -0.15) is 0 Å². The molecule has 0 aliphatic carbocycles. The Bertz CT molecular complexity index is 1540. The number of carbonyl (C=O) groups is 6. The first-order chi connectivity index (χ1) is 23.7. The molecule has 0 aliphatic rings. The van der Waals surface area contributed by atoms with Crippen molar-refractivity contribution in [2.24, 2.45) is 0 Å². The fourth-order valence-corrected chi connectivity index (χ4v) is 3.89. The van der Waals surface area contributed by atoms with Gasteiger partial charge in [-0.3, -0.25) is 9.59 Å². The number of ether oxygens (including phenoxy) is 6. The van der Waals surface area contributed by atoms with Crippen LogP contribution in [0, 0.1) is 0 Å². The van der Waals surface area contributed by atoms with Crippen molar-refractivity contribution in [3.63, 3.8) is 0 Å². The van der Waals surface area contributed by atoms with E-state index in [2.05, 4.69) is 10.6 Å². The first-order valence-corrected chi connectivity index (χ1v) is 15.9. The molecule has 2 aromatic carbocycles. The molecule has 2 aromatic rings. The van der Waals surface area contributed by atoms with E-state index in [1.807, 2.05) is 0 Å². The molecule has 0 saturated carbocycles. The van der Waals surface area contributed by atoms with Gasteiger partial charge in [-0.15, -0.1) is 0 Å². The second kappa shape index (κ2) is 18.4. The zero-order valence-corrected chi connectivity index (χ0v) is 30.5. The predicted molar refractivity (Wildman–Crippen MR) is 188 cm³/mol. The van der Waals surface area contributed by atoms with Crippen LogP contribution in [0.4, 0.5) is 9.59 Å². The molecule has 276 valence electrons. The van der Waals surface area contributed by atoms with Gasteiger partial charge in [0, 0.05) is 0 Å². The van der Waals surface area contributed by atoms with Crippen molar-refractivity contribution in [2.45, 2.75) is 85.1 Å². The second-order valence-electron chi connectivity index (χ2n) is 13.2. The number of carbonyl (C=O) groups excluding carboxylic acids is 6. The van der Waals surface area contributed by atoms with Crippen LogP contribution in [-0.4, -0.2) is 73.2 Å². The van der Waals surface area contributed by atoms with Gasteiger partial charge in [-0.25, -0.2) is 19.2 Å². The third-order valence-electron chi connectivity index (χ3n) is 6.24. The Labute approximate surface area is 297 Å². The molecule has 51 heavy (non-hydrogen) atoms. The summed E-state index contributed by atoms with van der Waals surface area (Å²) in [6.45, 7) is 13.1. The van der Waals surface area contributed by atoms with Crippen molar-refractivity contribution in [3.8, 4) is 23.0 Å². The second-order valence-corrected chi connectivity index (χ2v) is 13.2. The Kier molecular flexibility index (Phi) is 14.9. The molecule has 14 heteroatoms. The van der Waals surface area contributed by atoms with Crippen LogP contribution in [0.15, 0.2) is 48.6 Å². The smallest absolute Gasteiger partial charge is 0.408 e. The zero-order valence-electron chi connectivity index (χ0n) is 30.5. The SMILES string of the molecule is COc1cc(/C=C/C(=O)CC(=O)/C=C/c2ccc(OC(=O)[C@@H](C)NC(=O)OC(C)(C)C)c(OC)c2)ccc1OC(=O)[C@@H](C)NC(=O)OC(C)(C)C. The topological polar surface area (TPSA) is 182 Å². The third-order valence-corrected chi connectivity index (χ3v) is 6.24. The maximum absolute atomic E-state index is 12.5. The van der Waals surface area contributed by atoms with Crippen molar-refractivity contribution in [3.05, 3.63) is 59.7 Å². The van der Waals surface area contributed by atoms with Crippen molar-refractivity contribution < 1.29 is 57.2 Å². The minimum absolute atomic E-state index is 0.0942. The standard InChI is InChI=1S/C37H46N2O12/c1-22(38-34(44)50-36(3,4)5)32(42)48-28-17-13-24(19-30(28)46-9)11-15-26(40)21-27(41)16-12-25-14-18-29(31(20-25)47-10)49-33(43)23(2)39-35(45)51-37(6,7)8/h11-20,22-23H,21H2,1-10H3,(H,38,44)(H,39,45)/b15-11+,16-12+/t22-,23-/m1/s1. The van der Waals surface area contributed by atoms with E-state index in [9.17, 15) is 28.8 Å². The summed E-state index contributed by atoms with van der Waals surface area (Å²) in [6.07, 6.45) is 3.50. The summed E-state index contributed by atoms with van der Waals surface area (Å²) in [4.78, 5) is 74.0. The van der Waals surface area contributed by atoms with Crippen molar-refractivity contribution in [1.29, 1.82) is 0 Å². The lowest BCUT2D eigenvalue weighted by Gasteiger charge is -2.21. The fourth-order valence-electron chi connectivity index (χ4n) is 3.89. The molecular formula is C37H46N2O12. The number of nitrogens with one attached hydrogen (secondary N) is 2. The molecule has 14 nitrogen and oxygen atoms in total. The minimum Gasteiger partial charge on any atom is -0.493 e. The Balaban J connectivity index is 1.97. The van der Waals surface area contributed by atoms with Crippen molar-refractivity contribution in [1.82, 2.24) is 10.6 Å². The molecule has 2 N–H and O–H groups in total.